The van der Waals surface area contributed by atoms with E-state index >= 15 is 0 Å². The van der Waals surface area contributed by atoms with Crippen LogP contribution in [-0.4, -0.2) is 4.98 Å². The van der Waals surface area contributed by atoms with Gasteiger partial charge in [-0.15, -0.1) is 0 Å². The van der Waals surface area contributed by atoms with Crippen LogP contribution in [0, 0.1) is 6.92 Å². The molecule has 3 nitrogen and oxygen atoms in total. The summed E-state index contributed by atoms with van der Waals surface area (Å²) in [4.78, 5) is 4.02. The van der Waals surface area contributed by atoms with Crippen molar-refractivity contribution in [3.63, 3.8) is 0 Å². The molecule has 1 aromatic heterocycles. The summed E-state index contributed by atoms with van der Waals surface area (Å²) in [6.07, 6.45) is 0. The fourth-order valence-corrected chi connectivity index (χ4v) is 0.965. The van der Waals surface area contributed by atoms with E-state index in [1.54, 1.807) is 0 Å². The van der Waals surface area contributed by atoms with Gasteiger partial charge in [0, 0.05) is 0 Å². The molecule has 0 aliphatic heterocycles. The van der Waals surface area contributed by atoms with E-state index in [1.165, 1.54) is 0 Å². The van der Waals surface area contributed by atoms with E-state index in [0.717, 1.165) is 11.5 Å². The van der Waals surface area contributed by atoms with E-state index in [4.69, 9.17) is 10.2 Å². The van der Waals surface area contributed by atoms with E-state index in [9.17, 15) is 0 Å². The van der Waals surface area contributed by atoms with Gasteiger partial charge >= 0.3 is 0 Å². The quantitative estimate of drug-likeness (QED) is 0.645. The predicted octanol–water partition coefficient (Wildman–Crippen LogP) is 1.69. The summed E-state index contributed by atoms with van der Waals surface area (Å²) in [5.74, 6) is 1.22. The number of aryl methyl sites for hydroxylation is 1. The van der Waals surface area contributed by atoms with Crippen molar-refractivity contribution in [3.8, 4) is 0 Å². The molecule has 0 saturated carbocycles. The zero-order valence-electron chi connectivity index (χ0n) is 6.51. The Morgan fingerprint density at radius 1 is 1.50 bits per heavy atom. The zero-order valence-corrected chi connectivity index (χ0v) is 6.51. The van der Waals surface area contributed by atoms with Crippen LogP contribution in [0.3, 0.4) is 0 Å². The first-order valence-corrected chi connectivity index (χ1v) is 3.34. The minimum atomic E-state index is 0.265. The monoisotopic (exact) mass is 140 g/mol. The molecular weight excluding hydrogens is 128 g/mol. The van der Waals surface area contributed by atoms with Crippen LogP contribution in [0.25, 0.3) is 0 Å². The lowest BCUT2D eigenvalue weighted by atomic mass is 10.1. The van der Waals surface area contributed by atoms with Crippen molar-refractivity contribution in [2.75, 3.05) is 5.73 Å². The van der Waals surface area contributed by atoms with Gasteiger partial charge < -0.3 is 10.2 Å². The number of nitrogens with zero attached hydrogens (tertiary/aromatic N) is 1. The van der Waals surface area contributed by atoms with E-state index in [1.807, 2.05) is 6.92 Å². The molecule has 0 atom stereocenters. The van der Waals surface area contributed by atoms with E-state index < -0.39 is 0 Å². The Hall–Kier alpha value is -0.990. The smallest absolute Gasteiger partial charge is 0.292 e. The van der Waals surface area contributed by atoms with Crippen molar-refractivity contribution in [3.05, 3.63) is 11.5 Å². The van der Waals surface area contributed by atoms with Crippen molar-refractivity contribution in [1.29, 1.82) is 0 Å². The molecule has 0 aliphatic carbocycles. The van der Waals surface area contributed by atoms with Gasteiger partial charge in [-0.2, -0.15) is 4.98 Å². The first-order valence-electron chi connectivity index (χ1n) is 3.34. The Kier molecular flexibility index (Phi) is 1.66. The number of aromatic nitrogens is 1. The molecule has 0 fully saturated rings. The maximum Gasteiger partial charge on any atom is 0.292 e. The average Bonchev–Trinajstić information content (AvgIpc) is 2.10. The van der Waals surface area contributed by atoms with Gasteiger partial charge in [0.1, 0.15) is 5.76 Å². The Morgan fingerprint density at radius 2 is 2.10 bits per heavy atom. The molecule has 0 aliphatic rings. The lowest BCUT2D eigenvalue weighted by Gasteiger charge is -1.97. The number of oxazole rings is 1. The molecule has 0 unspecified atom stereocenters. The van der Waals surface area contributed by atoms with Crippen LogP contribution in [0.1, 0.15) is 31.2 Å². The van der Waals surface area contributed by atoms with E-state index in [2.05, 4.69) is 18.8 Å². The maximum atomic E-state index is 5.34. The number of anilines is 1. The highest BCUT2D eigenvalue weighted by Gasteiger charge is 2.09. The van der Waals surface area contributed by atoms with E-state index in [-0.39, 0.29) is 6.01 Å². The van der Waals surface area contributed by atoms with Crippen LogP contribution in [-0.2, 0) is 0 Å². The third-order valence-corrected chi connectivity index (χ3v) is 1.40. The SMILES string of the molecule is Cc1oc(N)nc1C(C)C. The topological polar surface area (TPSA) is 52.0 Å². The van der Waals surface area contributed by atoms with Gasteiger partial charge in [0.05, 0.1) is 5.69 Å². The third-order valence-electron chi connectivity index (χ3n) is 1.40. The van der Waals surface area contributed by atoms with Gasteiger partial charge in [0.25, 0.3) is 6.01 Å². The molecule has 3 heteroatoms. The van der Waals surface area contributed by atoms with Gasteiger partial charge in [-0.05, 0) is 12.8 Å². The fourth-order valence-electron chi connectivity index (χ4n) is 0.965. The van der Waals surface area contributed by atoms with Gasteiger partial charge in [-0.3, -0.25) is 0 Å². The highest BCUT2D eigenvalue weighted by atomic mass is 16.4. The Morgan fingerprint density at radius 3 is 2.30 bits per heavy atom. The standard InChI is InChI=1S/C7H12N2O/c1-4(2)6-5(3)10-7(8)9-6/h4H,1-3H3,(H2,8,9). The second-order valence-corrected chi connectivity index (χ2v) is 2.65. The average molecular weight is 140 g/mol. The summed E-state index contributed by atoms with van der Waals surface area (Å²) in [6.45, 7) is 5.99. The first-order chi connectivity index (χ1) is 4.61. The van der Waals surface area contributed by atoms with Crippen LogP contribution >= 0.6 is 0 Å². The highest BCUT2D eigenvalue weighted by molar-refractivity contribution is 5.21. The number of hydrogen-bond acceptors (Lipinski definition) is 3. The van der Waals surface area contributed by atoms with Crippen molar-refractivity contribution in [2.24, 2.45) is 0 Å². The maximum absolute atomic E-state index is 5.34. The molecule has 0 radical (unpaired) electrons. The summed E-state index contributed by atoms with van der Waals surface area (Å²) in [7, 11) is 0. The van der Waals surface area contributed by atoms with E-state index in [0.29, 0.717) is 5.92 Å². The molecule has 2 N–H and O–H groups in total. The summed E-state index contributed by atoms with van der Waals surface area (Å²) in [5, 5.41) is 0. The normalized spacial score (nSPS) is 10.8. The molecule has 0 bridgehead atoms. The third kappa shape index (κ3) is 1.12. The molecule has 0 aromatic carbocycles. The van der Waals surface area contributed by atoms with Gasteiger partial charge in [-0.25, -0.2) is 0 Å². The van der Waals surface area contributed by atoms with Crippen LogP contribution < -0.4 is 5.73 Å². The van der Waals surface area contributed by atoms with Crippen LogP contribution in [0.2, 0.25) is 0 Å². The number of nitrogen functional groups attached to an aromatic ring is 1. The molecule has 1 rings (SSSR count). The lowest BCUT2D eigenvalue weighted by molar-refractivity contribution is 0.542. The van der Waals surface area contributed by atoms with Gasteiger partial charge in [0.2, 0.25) is 0 Å². The molecule has 0 amide bonds. The molecule has 0 spiro atoms. The van der Waals surface area contributed by atoms with Crippen LogP contribution in [0.4, 0.5) is 6.01 Å². The Labute approximate surface area is 60.2 Å². The molecule has 56 valence electrons. The van der Waals surface area contributed by atoms with Crippen molar-refractivity contribution in [2.45, 2.75) is 26.7 Å². The summed E-state index contributed by atoms with van der Waals surface area (Å²) in [6, 6.07) is 0.265. The highest BCUT2D eigenvalue weighted by Crippen LogP contribution is 2.19. The number of rotatable bonds is 1. The van der Waals surface area contributed by atoms with Crippen LogP contribution in [0.5, 0.6) is 0 Å². The Bertz CT molecular complexity index is 228. The van der Waals surface area contributed by atoms with Crippen LogP contribution in [0.15, 0.2) is 4.42 Å². The van der Waals surface area contributed by atoms with Crippen molar-refractivity contribution >= 4 is 6.01 Å². The molecule has 1 heterocycles. The largest absolute Gasteiger partial charge is 0.429 e. The minimum absolute atomic E-state index is 0.265. The molecule has 10 heavy (non-hydrogen) atoms. The fraction of sp³-hybridized carbons (Fsp3) is 0.571. The van der Waals surface area contributed by atoms with Gasteiger partial charge in [0.15, 0.2) is 0 Å². The van der Waals surface area contributed by atoms with Crippen molar-refractivity contribution in [1.82, 2.24) is 4.98 Å². The lowest BCUT2D eigenvalue weighted by Crippen LogP contribution is -1.90. The molecule has 1 aromatic rings. The van der Waals surface area contributed by atoms with Gasteiger partial charge in [-0.1, -0.05) is 13.8 Å². The minimum Gasteiger partial charge on any atom is -0.429 e. The summed E-state index contributed by atoms with van der Waals surface area (Å²) < 4.78 is 5.04. The summed E-state index contributed by atoms with van der Waals surface area (Å²) in [5.41, 5.74) is 6.30. The molecular formula is C7H12N2O. The predicted molar refractivity (Wildman–Crippen MR) is 39.7 cm³/mol. The Balaban J connectivity index is 3.03. The second kappa shape index (κ2) is 2.33. The van der Waals surface area contributed by atoms with Crippen molar-refractivity contribution < 1.29 is 4.42 Å². The zero-order chi connectivity index (χ0) is 7.72. The number of nitrogens with two attached hydrogens (primary N) is 1. The second-order valence-electron chi connectivity index (χ2n) is 2.65. The molecule has 0 saturated heterocycles. The summed E-state index contributed by atoms with van der Waals surface area (Å²) >= 11 is 0. The first kappa shape index (κ1) is 7.12. The number of hydrogen-bond donors (Lipinski definition) is 1.